The van der Waals surface area contributed by atoms with Crippen LogP contribution in [0.5, 0.6) is 0 Å². The van der Waals surface area contributed by atoms with E-state index in [9.17, 15) is 13.2 Å². The smallest absolute Gasteiger partial charge is 0.162 e. The summed E-state index contributed by atoms with van der Waals surface area (Å²) < 4.78 is 40.6. The largest absolute Gasteiger partial charge is 0.271 e. The Morgan fingerprint density at radius 3 is 2.35 bits per heavy atom. The molecule has 0 amide bonds. The van der Waals surface area contributed by atoms with E-state index in [2.05, 4.69) is 5.43 Å². The van der Waals surface area contributed by atoms with Crippen molar-refractivity contribution < 1.29 is 13.2 Å². The Balaban J connectivity index is 2.37. The predicted molar refractivity (Wildman–Crippen MR) is 71.5 cm³/mol. The highest BCUT2D eigenvalue weighted by molar-refractivity contribution is 6.31. The van der Waals surface area contributed by atoms with Crippen molar-refractivity contribution in [1.82, 2.24) is 5.43 Å². The monoisotopic (exact) mass is 300 g/mol. The van der Waals surface area contributed by atoms with Crippen molar-refractivity contribution in [2.45, 2.75) is 12.5 Å². The third-order valence-corrected chi connectivity index (χ3v) is 3.33. The van der Waals surface area contributed by atoms with E-state index in [1.807, 2.05) is 0 Å². The maximum absolute atomic E-state index is 13.8. The average molecular weight is 301 g/mol. The second-order valence-electron chi connectivity index (χ2n) is 4.27. The number of nitrogens with one attached hydrogen (secondary N) is 1. The lowest BCUT2D eigenvalue weighted by atomic mass is 9.98. The second-order valence-corrected chi connectivity index (χ2v) is 4.68. The molecule has 0 spiro atoms. The first-order chi connectivity index (χ1) is 9.54. The van der Waals surface area contributed by atoms with Crippen LogP contribution in [-0.4, -0.2) is 0 Å². The molecule has 20 heavy (non-hydrogen) atoms. The van der Waals surface area contributed by atoms with Crippen molar-refractivity contribution in [3.05, 3.63) is 70.0 Å². The van der Waals surface area contributed by atoms with E-state index in [4.69, 9.17) is 17.4 Å². The number of hydrazine groups is 1. The Kier molecular flexibility index (Phi) is 4.65. The zero-order valence-corrected chi connectivity index (χ0v) is 11.1. The minimum absolute atomic E-state index is 0.0270. The van der Waals surface area contributed by atoms with Gasteiger partial charge >= 0.3 is 0 Å². The zero-order chi connectivity index (χ0) is 14.7. The Labute approximate surface area is 119 Å². The fraction of sp³-hybridized carbons (Fsp3) is 0.143. The molecule has 106 valence electrons. The van der Waals surface area contributed by atoms with E-state index in [1.54, 1.807) is 0 Å². The Morgan fingerprint density at radius 1 is 1.05 bits per heavy atom. The van der Waals surface area contributed by atoms with Crippen LogP contribution in [0.1, 0.15) is 17.2 Å². The van der Waals surface area contributed by atoms with Crippen molar-refractivity contribution in [3.8, 4) is 0 Å². The third-order valence-electron chi connectivity index (χ3n) is 3.00. The first-order valence-corrected chi connectivity index (χ1v) is 6.25. The van der Waals surface area contributed by atoms with Gasteiger partial charge in [0.15, 0.2) is 11.6 Å². The van der Waals surface area contributed by atoms with E-state index in [0.717, 1.165) is 6.07 Å². The summed E-state index contributed by atoms with van der Waals surface area (Å²) in [5.41, 5.74) is 2.60. The first-order valence-electron chi connectivity index (χ1n) is 5.87. The van der Waals surface area contributed by atoms with Crippen molar-refractivity contribution in [2.24, 2.45) is 5.84 Å². The van der Waals surface area contributed by atoms with E-state index in [0.29, 0.717) is 0 Å². The van der Waals surface area contributed by atoms with Gasteiger partial charge in [-0.3, -0.25) is 11.3 Å². The molecule has 1 atom stereocenters. The van der Waals surface area contributed by atoms with E-state index >= 15 is 0 Å². The Hall–Kier alpha value is -1.56. The molecule has 2 aromatic carbocycles. The Morgan fingerprint density at radius 2 is 1.70 bits per heavy atom. The quantitative estimate of drug-likeness (QED) is 0.670. The first kappa shape index (κ1) is 14.8. The van der Waals surface area contributed by atoms with Crippen LogP contribution in [0.15, 0.2) is 36.4 Å². The number of benzene rings is 2. The zero-order valence-electron chi connectivity index (χ0n) is 10.3. The molecule has 3 N–H and O–H groups in total. The maximum atomic E-state index is 13.8. The number of hydrogen-bond acceptors (Lipinski definition) is 2. The topological polar surface area (TPSA) is 38.0 Å². The molecule has 6 heteroatoms. The normalized spacial score (nSPS) is 12.4. The van der Waals surface area contributed by atoms with Gasteiger partial charge in [-0.1, -0.05) is 29.8 Å². The molecule has 0 saturated carbocycles. The van der Waals surface area contributed by atoms with Gasteiger partial charge in [0.2, 0.25) is 0 Å². The summed E-state index contributed by atoms with van der Waals surface area (Å²) in [5, 5.41) is 0.171. The van der Waals surface area contributed by atoms with Crippen LogP contribution in [0, 0.1) is 17.5 Å². The molecule has 1 unspecified atom stereocenters. The van der Waals surface area contributed by atoms with E-state index in [-0.39, 0.29) is 22.6 Å². The molecule has 0 aliphatic rings. The fourth-order valence-electron chi connectivity index (χ4n) is 2.01. The van der Waals surface area contributed by atoms with Crippen molar-refractivity contribution in [2.75, 3.05) is 0 Å². The lowest BCUT2D eigenvalue weighted by molar-refractivity contribution is 0.472. The summed E-state index contributed by atoms with van der Waals surface area (Å²) in [6.45, 7) is 0. The van der Waals surface area contributed by atoms with Crippen molar-refractivity contribution in [1.29, 1.82) is 0 Å². The Bertz CT molecular complexity index is 599. The van der Waals surface area contributed by atoms with Crippen molar-refractivity contribution in [3.63, 3.8) is 0 Å². The molecule has 0 aromatic heterocycles. The summed E-state index contributed by atoms with van der Waals surface area (Å²) in [4.78, 5) is 0. The number of nitrogens with two attached hydrogens (primary N) is 1. The standard InChI is InChI=1S/C14H12ClF3N2/c15-9-4-2-5-10(16)13(9)12(20-19)7-8-3-1-6-11(17)14(8)18/h1-6,12,20H,7,19H2. The highest BCUT2D eigenvalue weighted by Gasteiger charge is 2.20. The van der Waals surface area contributed by atoms with E-state index < -0.39 is 23.5 Å². The van der Waals surface area contributed by atoms with Crippen LogP contribution >= 0.6 is 11.6 Å². The minimum atomic E-state index is -0.972. The lowest BCUT2D eigenvalue weighted by Crippen LogP contribution is -2.30. The number of hydrogen-bond donors (Lipinski definition) is 2. The highest BCUT2D eigenvalue weighted by atomic mass is 35.5. The fourth-order valence-corrected chi connectivity index (χ4v) is 2.31. The SMILES string of the molecule is NNC(Cc1cccc(F)c1F)c1c(F)cccc1Cl. The molecule has 0 bridgehead atoms. The lowest BCUT2D eigenvalue weighted by Gasteiger charge is -2.19. The van der Waals surface area contributed by atoms with Crippen LogP contribution in [0.25, 0.3) is 0 Å². The molecule has 0 aliphatic carbocycles. The summed E-state index contributed by atoms with van der Waals surface area (Å²) in [6, 6.07) is 7.23. The minimum Gasteiger partial charge on any atom is -0.271 e. The second kappa shape index (κ2) is 6.26. The molecule has 2 rings (SSSR count). The van der Waals surface area contributed by atoms with Gasteiger partial charge < -0.3 is 0 Å². The third kappa shape index (κ3) is 2.95. The molecule has 0 aliphatic heterocycles. The number of rotatable bonds is 4. The van der Waals surface area contributed by atoms with Crippen LogP contribution < -0.4 is 11.3 Å². The maximum Gasteiger partial charge on any atom is 0.162 e. The predicted octanol–water partition coefficient (Wildman–Crippen LogP) is 3.50. The van der Waals surface area contributed by atoms with Gasteiger partial charge in [0.1, 0.15) is 5.82 Å². The van der Waals surface area contributed by atoms with Crippen molar-refractivity contribution >= 4 is 11.6 Å². The molecule has 0 heterocycles. The molecular formula is C14H12ClF3N2. The van der Waals surface area contributed by atoms with Gasteiger partial charge in [-0.2, -0.15) is 0 Å². The highest BCUT2D eigenvalue weighted by Crippen LogP contribution is 2.28. The molecule has 2 nitrogen and oxygen atoms in total. The molecule has 2 aromatic rings. The van der Waals surface area contributed by atoms with Gasteiger partial charge in [0.05, 0.1) is 6.04 Å². The molecule has 0 fully saturated rings. The average Bonchev–Trinajstić information content (AvgIpc) is 2.42. The van der Waals surface area contributed by atoms with Crippen LogP contribution in [-0.2, 0) is 6.42 Å². The van der Waals surface area contributed by atoms with E-state index in [1.165, 1.54) is 30.3 Å². The van der Waals surface area contributed by atoms with Crippen LogP contribution in [0.2, 0.25) is 5.02 Å². The van der Waals surface area contributed by atoms with Crippen LogP contribution in [0.4, 0.5) is 13.2 Å². The van der Waals surface area contributed by atoms with Gasteiger partial charge in [0.25, 0.3) is 0 Å². The summed E-state index contributed by atoms with van der Waals surface area (Å²) >= 11 is 5.94. The molecule has 0 radical (unpaired) electrons. The summed E-state index contributed by atoms with van der Waals surface area (Å²) in [7, 11) is 0. The summed E-state index contributed by atoms with van der Waals surface area (Å²) in [6.07, 6.45) is -0.0270. The summed E-state index contributed by atoms with van der Waals surface area (Å²) in [5.74, 6) is 2.90. The van der Waals surface area contributed by atoms with Gasteiger partial charge in [-0.25, -0.2) is 13.2 Å². The molecular weight excluding hydrogens is 289 g/mol. The number of halogens is 4. The van der Waals surface area contributed by atoms with Gasteiger partial charge in [0, 0.05) is 10.6 Å². The van der Waals surface area contributed by atoms with Gasteiger partial charge in [-0.05, 0) is 30.2 Å². The molecule has 0 saturated heterocycles. The van der Waals surface area contributed by atoms with Gasteiger partial charge in [-0.15, -0.1) is 0 Å². The van der Waals surface area contributed by atoms with Crippen LogP contribution in [0.3, 0.4) is 0 Å².